The van der Waals surface area contributed by atoms with Crippen LogP contribution in [-0.4, -0.2) is 44.4 Å². The van der Waals surface area contributed by atoms with Crippen molar-refractivity contribution in [2.75, 3.05) is 43.6 Å². The number of hydrogen-bond acceptors (Lipinski definition) is 5. The fourth-order valence-electron chi connectivity index (χ4n) is 2.88. The Hall–Kier alpha value is -2.61. The van der Waals surface area contributed by atoms with Gasteiger partial charge in [-0.25, -0.2) is 0 Å². The lowest BCUT2D eigenvalue weighted by molar-refractivity contribution is -0.115. The van der Waals surface area contributed by atoms with E-state index in [1.165, 1.54) is 6.08 Å². The lowest BCUT2D eigenvalue weighted by Gasteiger charge is -2.30. The number of thiocarbonyl (C=S) groups is 1. The van der Waals surface area contributed by atoms with Gasteiger partial charge >= 0.3 is 0 Å². The van der Waals surface area contributed by atoms with Crippen LogP contribution in [0.15, 0.2) is 48.5 Å². The Morgan fingerprint density at radius 2 is 1.93 bits per heavy atom. The molecule has 0 aromatic heterocycles. The molecule has 1 amide bonds. The summed E-state index contributed by atoms with van der Waals surface area (Å²) in [6.45, 7) is 2.89. The summed E-state index contributed by atoms with van der Waals surface area (Å²) in [6, 6.07) is 12.9. The van der Waals surface area contributed by atoms with Gasteiger partial charge in [0.05, 0.1) is 31.7 Å². The van der Waals surface area contributed by atoms with E-state index in [0.717, 1.165) is 35.8 Å². The van der Waals surface area contributed by atoms with Gasteiger partial charge in [-0.3, -0.25) is 10.1 Å². The molecule has 152 valence electrons. The summed E-state index contributed by atoms with van der Waals surface area (Å²) in [7, 11) is 1.61. The Morgan fingerprint density at radius 3 is 2.62 bits per heavy atom. The van der Waals surface area contributed by atoms with Gasteiger partial charge in [-0.2, -0.15) is 0 Å². The molecule has 1 fully saturated rings. The van der Waals surface area contributed by atoms with E-state index in [2.05, 4.69) is 15.5 Å². The molecule has 6 nitrogen and oxygen atoms in total. The quantitative estimate of drug-likeness (QED) is 0.556. The van der Waals surface area contributed by atoms with Crippen molar-refractivity contribution < 1.29 is 14.3 Å². The van der Waals surface area contributed by atoms with Gasteiger partial charge in [-0.15, -0.1) is 0 Å². The smallest absolute Gasteiger partial charge is 0.250 e. The Morgan fingerprint density at radius 1 is 1.21 bits per heavy atom. The molecule has 2 aromatic carbocycles. The number of carbonyl (C=O) groups excluding carboxylic acids is 1. The minimum atomic E-state index is -0.326. The molecule has 0 spiro atoms. The predicted molar refractivity (Wildman–Crippen MR) is 121 cm³/mol. The zero-order valence-corrected chi connectivity index (χ0v) is 17.6. The van der Waals surface area contributed by atoms with Crippen molar-refractivity contribution in [1.82, 2.24) is 5.32 Å². The number of methoxy groups -OCH3 is 1. The number of nitrogens with zero attached hydrogens (tertiary/aromatic N) is 1. The topological polar surface area (TPSA) is 62.8 Å². The summed E-state index contributed by atoms with van der Waals surface area (Å²) in [6.07, 6.45) is 3.13. The average Bonchev–Trinajstić information content (AvgIpc) is 2.73. The second kappa shape index (κ2) is 10.2. The summed E-state index contributed by atoms with van der Waals surface area (Å²) in [5.74, 6) is 0.433. The largest absolute Gasteiger partial charge is 0.497 e. The summed E-state index contributed by atoms with van der Waals surface area (Å²) in [5, 5.41) is 6.51. The maximum absolute atomic E-state index is 12.2. The van der Waals surface area contributed by atoms with Gasteiger partial charge in [0.1, 0.15) is 5.75 Å². The second-order valence-corrected chi connectivity index (χ2v) is 7.16. The SMILES string of the molecule is COc1ccc(C=CC(=O)NC(=S)Nc2cc(Cl)ccc2N2CCOCC2)cc1. The van der Waals surface area contributed by atoms with Gasteiger partial charge in [-0.05, 0) is 54.2 Å². The molecule has 0 atom stereocenters. The molecule has 0 aliphatic carbocycles. The maximum Gasteiger partial charge on any atom is 0.250 e. The number of amides is 1. The Balaban J connectivity index is 1.61. The van der Waals surface area contributed by atoms with Crippen LogP contribution in [0.4, 0.5) is 11.4 Å². The third-order valence-corrected chi connectivity index (χ3v) is 4.78. The molecule has 3 rings (SSSR count). The van der Waals surface area contributed by atoms with Crippen LogP contribution in [0.3, 0.4) is 0 Å². The summed E-state index contributed by atoms with van der Waals surface area (Å²) >= 11 is 11.5. The number of halogens is 1. The minimum Gasteiger partial charge on any atom is -0.497 e. The molecule has 0 bridgehead atoms. The fraction of sp³-hybridized carbons (Fsp3) is 0.238. The number of ether oxygens (including phenoxy) is 2. The summed E-state index contributed by atoms with van der Waals surface area (Å²) < 4.78 is 10.5. The van der Waals surface area contributed by atoms with Crippen LogP contribution in [0.5, 0.6) is 5.75 Å². The van der Waals surface area contributed by atoms with Crippen LogP contribution in [0.1, 0.15) is 5.56 Å². The Bertz CT molecular complexity index is 897. The zero-order chi connectivity index (χ0) is 20.6. The van der Waals surface area contributed by atoms with E-state index in [1.54, 1.807) is 19.3 Å². The molecular formula is C21H22ClN3O3S. The van der Waals surface area contributed by atoms with Crippen molar-refractivity contribution >= 4 is 52.3 Å². The van der Waals surface area contributed by atoms with Crippen molar-refractivity contribution in [3.63, 3.8) is 0 Å². The second-order valence-electron chi connectivity index (χ2n) is 6.31. The van der Waals surface area contributed by atoms with Crippen molar-refractivity contribution in [3.8, 4) is 5.75 Å². The number of morpholine rings is 1. The highest BCUT2D eigenvalue weighted by Crippen LogP contribution is 2.29. The maximum atomic E-state index is 12.2. The van der Waals surface area contributed by atoms with E-state index >= 15 is 0 Å². The van der Waals surface area contributed by atoms with E-state index in [-0.39, 0.29) is 11.0 Å². The van der Waals surface area contributed by atoms with Gasteiger partial charge in [0.25, 0.3) is 0 Å². The first kappa shape index (κ1) is 21.1. The van der Waals surface area contributed by atoms with Crippen LogP contribution in [0, 0.1) is 0 Å². The number of anilines is 2. The molecule has 0 unspecified atom stereocenters. The molecule has 1 aliphatic rings. The first-order valence-corrected chi connectivity index (χ1v) is 9.90. The highest BCUT2D eigenvalue weighted by molar-refractivity contribution is 7.80. The number of rotatable bonds is 5. The highest BCUT2D eigenvalue weighted by Gasteiger charge is 2.16. The van der Waals surface area contributed by atoms with Crippen molar-refractivity contribution in [1.29, 1.82) is 0 Å². The third kappa shape index (κ3) is 6.19. The van der Waals surface area contributed by atoms with Crippen molar-refractivity contribution in [2.24, 2.45) is 0 Å². The van der Waals surface area contributed by atoms with Crippen LogP contribution >= 0.6 is 23.8 Å². The van der Waals surface area contributed by atoms with Crippen LogP contribution < -0.4 is 20.3 Å². The summed E-state index contributed by atoms with van der Waals surface area (Å²) in [5.41, 5.74) is 2.58. The van der Waals surface area contributed by atoms with Crippen molar-refractivity contribution in [2.45, 2.75) is 0 Å². The lowest BCUT2D eigenvalue weighted by Crippen LogP contribution is -2.37. The molecule has 8 heteroatoms. The molecule has 2 N–H and O–H groups in total. The molecule has 0 saturated carbocycles. The van der Waals surface area contributed by atoms with Crippen LogP contribution in [0.2, 0.25) is 5.02 Å². The molecule has 0 radical (unpaired) electrons. The normalized spacial score (nSPS) is 13.9. The van der Waals surface area contributed by atoms with Gasteiger partial charge < -0.3 is 19.7 Å². The van der Waals surface area contributed by atoms with Gasteiger partial charge in [0, 0.05) is 24.2 Å². The third-order valence-electron chi connectivity index (χ3n) is 4.34. The summed E-state index contributed by atoms with van der Waals surface area (Å²) in [4.78, 5) is 14.4. The van der Waals surface area contributed by atoms with Crippen LogP contribution in [-0.2, 0) is 9.53 Å². The average molecular weight is 432 g/mol. The molecule has 1 heterocycles. The molecule has 1 aliphatic heterocycles. The van der Waals surface area contributed by atoms with Gasteiger partial charge in [0.2, 0.25) is 5.91 Å². The highest BCUT2D eigenvalue weighted by atomic mass is 35.5. The first-order chi connectivity index (χ1) is 14.0. The monoisotopic (exact) mass is 431 g/mol. The van der Waals surface area contributed by atoms with E-state index < -0.39 is 0 Å². The molecule has 1 saturated heterocycles. The van der Waals surface area contributed by atoms with E-state index in [0.29, 0.717) is 18.2 Å². The van der Waals surface area contributed by atoms with Gasteiger partial charge in [-0.1, -0.05) is 23.7 Å². The van der Waals surface area contributed by atoms with E-state index in [1.807, 2.05) is 36.4 Å². The van der Waals surface area contributed by atoms with Crippen LogP contribution in [0.25, 0.3) is 6.08 Å². The molecule has 2 aromatic rings. The first-order valence-electron chi connectivity index (χ1n) is 9.11. The Kier molecular flexibility index (Phi) is 7.46. The van der Waals surface area contributed by atoms with E-state index in [4.69, 9.17) is 33.3 Å². The van der Waals surface area contributed by atoms with Crippen molar-refractivity contribution in [3.05, 3.63) is 59.1 Å². The zero-order valence-electron chi connectivity index (χ0n) is 16.0. The minimum absolute atomic E-state index is 0.200. The molecular weight excluding hydrogens is 410 g/mol. The fourth-order valence-corrected chi connectivity index (χ4v) is 3.27. The number of benzene rings is 2. The van der Waals surface area contributed by atoms with Gasteiger partial charge in [0.15, 0.2) is 5.11 Å². The molecule has 29 heavy (non-hydrogen) atoms. The standard InChI is InChI=1S/C21H22ClN3O3S/c1-27-17-6-2-15(3-7-17)4-9-20(26)24-21(29)23-18-14-16(22)5-8-19(18)25-10-12-28-13-11-25/h2-9,14H,10-13H2,1H3,(H2,23,24,26,29). The Labute approximate surface area is 180 Å². The number of carbonyl (C=O) groups is 1. The predicted octanol–water partition coefficient (Wildman–Crippen LogP) is 3.71. The number of hydrogen-bond donors (Lipinski definition) is 2. The lowest BCUT2D eigenvalue weighted by atomic mass is 10.2. The van der Waals surface area contributed by atoms with E-state index in [9.17, 15) is 4.79 Å². The number of nitrogens with one attached hydrogen (secondary N) is 2.